The van der Waals surface area contributed by atoms with Crippen LogP contribution in [0, 0.1) is 0 Å². The van der Waals surface area contributed by atoms with Gasteiger partial charge in [-0.3, -0.25) is 4.99 Å². The predicted octanol–water partition coefficient (Wildman–Crippen LogP) is 2.38. The molecule has 0 radical (unpaired) electrons. The molecule has 0 saturated heterocycles. The van der Waals surface area contributed by atoms with Crippen molar-refractivity contribution < 1.29 is 4.74 Å². The van der Waals surface area contributed by atoms with Crippen LogP contribution in [0.25, 0.3) is 0 Å². The fourth-order valence-corrected chi connectivity index (χ4v) is 1.20. The van der Waals surface area contributed by atoms with Crippen molar-refractivity contribution in [3.63, 3.8) is 0 Å². The van der Waals surface area contributed by atoms with Gasteiger partial charge < -0.3 is 15.4 Å². The van der Waals surface area contributed by atoms with Crippen LogP contribution >= 0.6 is 24.0 Å². The van der Waals surface area contributed by atoms with Gasteiger partial charge in [0.05, 0.1) is 0 Å². The van der Waals surface area contributed by atoms with Crippen LogP contribution in [0.15, 0.2) is 4.99 Å². The predicted molar refractivity (Wildman–Crippen MR) is 85.4 cm³/mol. The van der Waals surface area contributed by atoms with E-state index in [0.29, 0.717) is 6.04 Å². The molecule has 0 heterocycles. The van der Waals surface area contributed by atoms with Gasteiger partial charge in [-0.2, -0.15) is 0 Å². The molecule has 0 amide bonds. The molecule has 5 heteroatoms. The highest BCUT2D eigenvalue weighted by molar-refractivity contribution is 14.0. The lowest BCUT2D eigenvalue weighted by atomic mass is 10.3. The van der Waals surface area contributed by atoms with Gasteiger partial charge in [0.2, 0.25) is 0 Å². The molecule has 0 spiro atoms. The van der Waals surface area contributed by atoms with Gasteiger partial charge in [-0.15, -0.1) is 24.0 Å². The average Bonchev–Trinajstić information content (AvgIpc) is 2.25. The van der Waals surface area contributed by atoms with Gasteiger partial charge in [0.15, 0.2) is 5.96 Å². The quantitative estimate of drug-likeness (QED) is 0.304. The number of ether oxygens (including phenoxy) is 1. The molecule has 0 fully saturated rings. The third-order valence-corrected chi connectivity index (χ3v) is 2.05. The van der Waals surface area contributed by atoms with E-state index in [0.717, 1.165) is 38.6 Å². The summed E-state index contributed by atoms with van der Waals surface area (Å²) in [5.74, 6) is 0.864. The van der Waals surface area contributed by atoms with E-state index in [9.17, 15) is 0 Å². The van der Waals surface area contributed by atoms with E-state index in [2.05, 4.69) is 36.4 Å². The lowest BCUT2D eigenvalue weighted by Crippen LogP contribution is -2.41. The minimum atomic E-state index is 0. The summed E-state index contributed by atoms with van der Waals surface area (Å²) in [6, 6.07) is 0.409. The maximum atomic E-state index is 5.47. The molecule has 0 saturated carbocycles. The van der Waals surface area contributed by atoms with Crippen LogP contribution in [0.5, 0.6) is 0 Å². The van der Waals surface area contributed by atoms with Crippen LogP contribution in [-0.4, -0.2) is 38.8 Å². The molecule has 2 N–H and O–H groups in total. The molecule has 0 aliphatic carbocycles. The normalized spacial score (nSPS) is 11.2. The first-order valence-electron chi connectivity index (χ1n) is 6.25. The van der Waals surface area contributed by atoms with Crippen LogP contribution in [0.4, 0.5) is 0 Å². The van der Waals surface area contributed by atoms with E-state index in [1.165, 1.54) is 6.42 Å². The van der Waals surface area contributed by atoms with Crippen LogP contribution in [-0.2, 0) is 4.74 Å². The van der Waals surface area contributed by atoms with E-state index >= 15 is 0 Å². The average molecular weight is 357 g/mol. The molecule has 17 heavy (non-hydrogen) atoms. The number of hydrogen-bond acceptors (Lipinski definition) is 2. The summed E-state index contributed by atoms with van der Waals surface area (Å²) >= 11 is 0. The number of nitrogens with zero attached hydrogens (tertiary/aromatic N) is 1. The zero-order valence-corrected chi connectivity index (χ0v) is 13.9. The maximum absolute atomic E-state index is 5.47. The molecule has 0 aliphatic rings. The van der Waals surface area contributed by atoms with E-state index in [1.54, 1.807) is 7.05 Å². The summed E-state index contributed by atoms with van der Waals surface area (Å²) in [6.45, 7) is 8.98. The molecule has 0 aromatic rings. The van der Waals surface area contributed by atoms with Crippen LogP contribution in [0.3, 0.4) is 0 Å². The molecule has 104 valence electrons. The smallest absolute Gasteiger partial charge is 0.191 e. The Bertz CT molecular complexity index is 187. The number of rotatable bonds is 8. The van der Waals surface area contributed by atoms with Crippen LogP contribution in [0.1, 0.15) is 40.0 Å². The standard InChI is InChI=1S/C12H27N3O.HI/c1-5-6-9-16-10-7-8-14-12(13-4)15-11(2)3;/h11H,5-10H2,1-4H3,(H2,13,14,15);1H. The van der Waals surface area contributed by atoms with E-state index < -0.39 is 0 Å². The summed E-state index contributed by atoms with van der Waals surface area (Å²) in [4.78, 5) is 4.13. The number of halogens is 1. The van der Waals surface area contributed by atoms with Gasteiger partial charge in [-0.1, -0.05) is 13.3 Å². The molecule has 0 aromatic carbocycles. The topological polar surface area (TPSA) is 45.6 Å². The summed E-state index contributed by atoms with van der Waals surface area (Å²) in [5, 5.41) is 6.49. The summed E-state index contributed by atoms with van der Waals surface area (Å²) < 4.78 is 5.47. The largest absolute Gasteiger partial charge is 0.381 e. The van der Waals surface area contributed by atoms with Crippen molar-refractivity contribution in [1.29, 1.82) is 0 Å². The highest BCUT2D eigenvalue weighted by Crippen LogP contribution is 1.89. The number of hydrogen-bond donors (Lipinski definition) is 2. The Morgan fingerprint density at radius 2 is 1.88 bits per heavy atom. The summed E-state index contributed by atoms with van der Waals surface area (Å²) in [5.41, 5.74) is 0. The van der Waals surface area contributed by atoms with Crippen molar-refractivity contribution in [3.8, 4) is 0 Å². The third kappa shape index (κ3) is 13.9. The van der Waals surface area contributed by atoms with Gasteiger partial charge in [0.25, 0.3) is 0 Å². The Kier molecular flexibility index (Phi) is 15.9. The molecular formula is C12H28IN3O. The zero-order valence-electron chi connectivity index (χ0n) is 11.6. The Labute approximate surface area is 123 Å². The molecule has 0 unspecified atom stereocenters. The van der Waals surface area contributed by atoms with Gasteiger partial charge in [0, 0.05) is 32.8 Å². The Hall–Kier alpha value is -0.0400. The first kappa shape index (κ1) is 19.3. The van der Waals surface area contributed by atoms with Gasteiger partial charge in [-0.05, 0) is 26.7 Å². The number of guanidine groups is 1. The van der Waals surface area contributed by atoms with Gasteiger partial charge in [0.1, 0.15) is 0 Å². The van der Waals surface area contributed by atoms with Gasteiger partial charge >= 0.3 is 0 Å². The molecule has 4 nitrogen and oxygen atoms in total. The second-order valence-corrected chi connectivity index (χ2v) is 4.12. The van der Waals surface area contributed by atoms with Crippen molar-refractivity contribution in [2.75, 3.05) is 26.8 Å². The van der Waals surface area contributed by atoms with Crippen molar-refractivity contribution in [2.45, 2.75) is 46.1 Å². The molecular weight excluding hydrogens is 329 g/mol. The Morgan fingerprint density at radius 1 is 1.24 bits per heavy atom. The molecule has 0 rings (SSSR count). The Balaban J connectivity index is 0. The highest BCUT2D eigenvalue weighted by atomic mass is 127. The fraction of sp³-hybridized carbons (Fsp3) is 0.917. The maximum Gasteiger partial charge on any atom is 0.191 e. The SMILES string of the molecule is CCCCOCCCNC(=NC)NC(C)C.I. The minimum absolute atomic E-state index is 0. The van der Waals surface area contributed by atoms with Gasteiger partial charge in [-0.25, -0.2) is 0 Å². The number of aliphatic imine (C=N–C) groups is 1. The lowest BCUT2D eigenvalue weighted by Gasteiger charge is -2.14. The second-order valence-electron chi connectivity index (χ2n) is 4.12. The van der Waals surface area contributed by atoms with Crippen molar-refractivity contribution in [3.05, 3.63) is 0 Å². The van der Waals surface area contributed by atoms with Crippen molar-refractivity contribution >= 4 is 29.9 Å². The summed E-state index contributed by atoms with van der Waals surface area (Å²) in [7, 11) is 1.79. The lowest BCUT2D eigenvalue weighted by molar-refractivity contribution is 0.129. The molecule has 0 aliphatic heterocycles. The van der Waals surface area contributed by atoms with Crippen molar-refractivity contribution in [1.82, 2.24) is 10.6 Å². The van der Waals surface area contributed by atoms with Crippen molar-refractivity contribution in [2.24, 2.45) is 4.99 Å². The second kappa shape index (κ2) is 14.0. The monoisotopic (exact) mass is 357 g/mol. The first-order chi connectivity index (χ1) is 7.70. The summed E-state index contributed by atoms with van der Waals surface area (Å²) in [6.07, 6.45) is 3.37. The zero-order chi connectivity index (χ0) is 12.2. The minimum Gasteiger partial charge on any atom is -0.381 e. The van der Waals surface area contributed by atoms with E-state index in [1.807, 2.05) is 0 Å². The highest BCUT2D eigenvalue weighted by Gasteiger charge is 1.98. The Morgan fingerprint density at radius 3 is 2.41 bits per heavy atom. The number of nitrogens with one attached hydrogen (secondary N) is 2. The molecule has 0 atom stereocenters. The molecule has 0 bridgehead atoms. The first-order valence-corrected chi connectivity index (χ1v) is 6.25. The van der Waals surface area contributed by atoms with E-state index in [-0.39, 0.29) is 24.0 Å². The fourth-order valence-electron chi connectivity index (χ4n) is 1.20. The molecule has 0 aromatic heterocycles. The number of unbranched alkanes of at least 4 members (excludes halogenated alkanes) is 1. The van der Waals surface area contributed by atoms with Crippen LogP contribution in [0.2, 0.25) is 0 Å². The van der Waals surface area contributed by atoms with E-state index in [4.69, 9.17) is 4.74 Å². The third-order valence-electron chi connectivity index (χ3n) is 2.05. The van der Waals surface area contributed by atoms with Crippen LogP contribution < -0.4 is 10.6 Å².